The average Bonchev–Trinajstić information content (AvgIpc) is 2.52. The van der Waals surface area contributed by atoms with E-state index in [1.54, 1.807) is 14.2 Å². The zero-order chi connectivity index (χ0) is 14.4. The third-order valence-corrected chi connectivity index (χ3v) is 3.17. The number of ether oxygens (including phenoxy) is 2. The van der Waals surface area contributed by atoms with Gasteiger partial charge in [0.25, 0.3) is 0 Å². The van der Waals surface area contributed by atoms with Crippen molar-refractivity contribution in [2.45, 2.75) is 12.8 Å². The van der Waals surface area contributed by atoms with Gasteiger partial charge in [-0.05, 0) is 48.2 Å². The normalized spacial score (nSPS) is 9.85. The van der Waals surface area contributed by atoms with E-state index in [9.17, 15) is 0 Å². The number of hydrogen-bond acceptors (Lipinski definition) is 3. The number of aryl methyl sites for hydroxylation is 2. The van der Waals surface area contributed by atoms with Gasteiger partial charge in [-0.3, -0.25) is 0 Å². The van der Waals surface area contributed by atoms with Crippen LogP contribution in [-0.2, 0) is 12.8 Å². The molecule has 0 N–H and O–H groups in total. The van der Waals surface area contributed by atoms with E-state index in [4.69, 9.17) is 14.7 Å². The molecule has 0 aromatic heterocycles. The van der Waals surface area contributed by atoms with Crippen molar-refractivity contribution in [1.82, 2.24) is 0 Å². The first-order valence-electron chi connectivity index (χ1n) is 6.46. The SMILES string of the molecule is COc1cc(CCc2cccc(C#N)c2)cc(OC)c1. The van der Waals surface area contributed by atoms with Crippen LogP contribution in [0.4, 0.5) is 0 Å². The largest absolute Gasteiger partial charge is 0.497 e. The van der Waals surface area contributed by atoms with Crippen LogP contribution in [0, 0.1) is 11.3 Å². The number of benzene rings is 2. The summed E-state index contributed by atoms with van der Waals surface area (Å²) in [7, 11) is 3.30. The Balaban J connectivity index is 2.12. The first kappa shape index (κ1) is 14.0. The zero-order valence-corrected chi connectivity index (χ0v) is 11.7. The highest BCUT2D eigenvalue weighted by molar-refractivity contribution is 5.39. The highest BCUT2D eigenvalue weighted by Crippen LogP contribution is 2.23. The minimum atomic E-state index is 0.700. The van der Waals surface area contributed by atoms with Crippen molar-refractivity contribution in [3.8, 4) is 17.6 Å². The fraction of sp³-hybridized carbons (Fsp3) is 0.235. The molecule has 20 heavy (non-hydrogen) atoms. The van der Waals surface area contributed by atoms with Gasteiger partial charge >= 0.3 is 0 Å². The molecular weight excluding hydrogens is 250 g/mol. The lowest BCUT2D eigenvalue weighted by molar-refractivity contribution is 0.393. The maximum absolute atomic E-state index is 8.90. The summed E-state index contributed by atoms with van der Waals surface area (Å²) >= 11 is 0. The summed E-state index contributed by atoms with van der Waals surface area (Å²) in [5.74, 6) is 1.59. The van der Waals surface area contributed by atoms with Crippen molar-refractivity contribution in [3.63, 3.8) is 0 Å². The molecule has 0 aliphatic rings. The van der Waals surface area contributed by atoms with Gasteiger partial charge in [0.05, 0.1) is 25.9 Å². The Morgan fingerprint density at radius 1 is 0.900 bits per heavy atom. The molecule has 3 heteroatoms. The summed E-state index contributed by atoms with van der Waals surface area (Å²) in [5.41, 5.74) is 3.01. The number of nitrogens with zero attached hydrogens (tertiary/aromatic N) is 1. The van der Waals surface area contributed by atoms with Crippen LogP contribution in [0.2, 0.25) is 0 Å². The first-order chi connectivity index (χ1) is 9.75. The summed E-state index contributed by atoms with van der Waals surface area (Å²) in [6.45, 7) is 0. The van der Waals surface area contributed by atoms with Crippen molar-refractivity contribution in [1.29, 1.82) is 5.26 Å². The third kappa shape index (κ3) is 3.52. The van der Waals surface area contributed by atoms with E-state index in [2.05, 4.69) is 6.07 Å². The molecule has 3 nitrogen and oxygen atoms in total. The molecule has 0 fully saturated rings. The summed E-state index contributed by atoms with van der Waals surface area (Å²) in [6.07, 6.45) is 1.76. The molecule has 2 rings (SSSR count). The van der Waals surface area contributed by atoms with Gasteiger partial charge in [0.15, 0.2) is 0 Å². The molecule has 0 amide bonds. The average molecular weight is 267 g/mol. The minimum absolute atomic E-state index is 0.700. The highest BCUT2D eigenvalue weighted by Gasteiger charge is 2.03. The van der Waals surface area contributed by atoms with Gasteiger partial charge in [-0.25, -0.2) is 0 Å². The Labute approximate surface area is 119 Å². The molecule has 2 aromatic rings. The van der Waals surface area contributed by atoms with Crippen LogP contribution < -0.4 is 9.47 Å². The number of rotatable bonds is 5. The summed E-state index contributed by atoms with van der Waals surface area (Å²) in [5, 5.41) is 8.90. The monoisotopic (exact) mass is 267 g/mol. The van der Waals surface area contributed by atoms with Crippen molar-refractivity contribution < 1.29 is 9.47 Å². The van der Waals surface area contributed by atoms with Crippen molar-refractivity contribution in [3.05, 3.63) is 59.2 Å². The fourth-order valence-electron chi connectivity index (χ4n) is 2.10. The second kappa shape index (κ2) is 6.63. The molecule has 2 aromatic carbocycles. The smallest absolute Gasteiger partial charge is 0.122 e. The first-order valence-corrected chi connectivity index (χ1v) is 6.46. The Hall–Kier alpha value is -2.47. The highest BCUT2D eigenvalue weighted by atomic mass is 16.5. The van der Waals surface area contributed by atoms with Gasteiger partial charge in [0, 0.05) is 6.07 Å². The Bertz CT molecular complexity index is 607. The van der Waals surface area contributed by atoms with Gasteiger partial charge < -0.3 is 9.47 Å². The van der Waals surface area contributed by atoms with E-state index >= 15 is 0 Å². The van der Waals surface area contributed by atoms with E-state index in [-0.39, 0.29) is 0 Å². The third-order valence-electron chi connectivity index (χ3n) is 3.17. The van der Waals surface area contributed by atoms with Crippen LogP contribution in [0.15, 0.2) is 42.5 Å². The molecule has 0 heterocycles. The molecule has 0 saturated heterocycles. The van der Waals surface area contributed by atoms with E-state index in [1.807, 2.05) is 42.5 Å². The minimum Gasteiger partial charge on any atom is -0.497 e. The van der Waals surface area contributed by atoms with Gasteiger partial charge in [-0.15, -0.1) is 0 Å². The van der Waals surface area contributed by atoms with Gasteiger partial charge in [0.2, 0.25) is 0 Å². The molecule has 0 saturated carbocycles. The second-order valence-electron chi connectivity index (χ2n) is 4.53. The molecular formula is C17H17NO2. The van der Waals surface area contributed by atoms with Crippen LogP contribution in [-0.4, -0.2) is 14.2 Å². The fourth-order valence-corrected chi connectivity index (χ4v) is 2.10. The Morgan fingerprint density at radius 3 is 2.15 bits per heavy atom. The maximum Gasteiger partial charge on any atom is 0.122 e. The molecule has 0 aliphatic carbocycles. The second-order valence-corrected chi connectivity index (χ2v) is 4.53. The molecule has 0 aliphatic heterocycles. The molecule has 0 unspecified atom stereocenters. The lowest BCUT2D eigenvalue weighted by atomic mass is 10.0. The Morgan fingerprint density at radius 2 is 1.55 bits per heavy atom. The summed E-state index contributed by atoms with van der Waals surface area (Å²) in [6, 6.07) is 15.7. The van der Waals surface area contributed by atoms with E-state index in [1.165, 1.54) is 0 Å². The van der Waals surface area contributed by atoms with Gasteiger partial charge in [-0.1, -0.05) is 12.1 Å². The molecule has 0 radical (unpaired) electrons. The van der Waals surface area contributed by atoms with Crippen molar-refractivity contribution in [2.24, 2.45) is 0 Å². The summed E-state index contributed by atoms with van der Waals surface area (Å²) < 4.78 is 10.5. The predicted molar refractivity (Wildman–Crippen MR) is 78.1 cm³/mol. The standard InChI is InChI=1S/C17H17NO2/c1-19-16-9-14(10-17(11-16)20-2)7-6-13-4-3-5-15(8-13)12-18/h3-5,8-11H,6-7H2,1-2H3. The molecule has 0 atom stereocenters. The van der Waals surface area contributed by atoms with Crippen LogP contribution in [0.25, 0.3) is 0 Å². The van der Waals surface area contributed by atoms with Crippen LogP contribution in [0.1, 0.15) is 16.7 Å². The summed E-state index contributed by atoms with van der Waals surface area (Å²) in [4.78, 5) is 0. The topological polar surface area (TPSA) is 42.2 Å². The molecule has 102 valence electrons. The predicted octanol–water partition coefficient (Wildman–Crippen LogP) is 3.36. The van der Waals surface area contributed by atoms with E-state index in [0.29, 0.717) is 5.56 Å². The Kier molecular flexibility index (Phi) is 4.62. The van der Waals surface area contributed by atoms with Crippen molar-refractivity contribution >= 4 is 0 Å². The zero-order valence-electron chi connectivity index (χ0n) is 11.7. The molecule has 0 spiro atoms. The van der Waals surface area contributed by atoms with Crippen LogP contribution >= 0.6 is 0 Å². The van der Waals surface area contributed by atoms with Crippen LogP contribution in [0.5, 0.6) is 11.5 Å². The van der Waals surface area contributed by atoms with E-state index < -0.39 is 0 Å². The number of nitriles is 1. The lowest BCUT2D eigenvalue weighted by Crippen LogP contribution is -1.95. The maximum atomic E-state index is 8.90. The van der Waals surface area contributed by atoms with Gasteiger partial charge in [-0.2, -0.15) is 5.26 Å². The van der Waals surface area contributed by atoms with Crippen molar-refractivity contribution in [2.75, 3.05) is 14.2 Å². The van der Waals surface area contributed by atoms with Gasteiger partial charge in [0.1, 0.15) is 11.5 Å². The number of hydrogen-bond donors (Lipinski definition) is 0. The molecule has 0 bridgehead atoms. The quantitative estimate of drug-likeness (QED) is 0.834. The number of methoxy groups -OCH3 is 2. The van der Waals surface area contributed by atoms with E-state index in [0.717, 1.165) is 35.5 Å². The van der Waals surface area contributed by atoms with Crippen LogP contribution in [0.3, 0.4) is 0 Å². The lowest BCUT2D eigenvalue weighted by Gasteiger charge is -2.08.